The zero-order valence-electron chi connectivity index (χ0n) is 12.8. The van der Waals surface area contributed by atoms with E-state index in [0.29, 0.717) is 12.4 Å². The molecule has 1 N–H and O–H groups in total. The van der Waals surface area contributed by atoms with Gasteiger partial charge in [0.2, 0.25) is 0 Å². The molecule has 4 nitrogen and oxygen atoms in total. The Labute approximate surface area is 126 Å². The molecule has 1 aliphatic carbocycles. The van der Waals surface area contributed by atoms with E-state index >= 15 is 0 Å². The van der Waals surface area contributed by atoms with Crippen LogP contribution in [0.25, 0.3) is 0 Å². The molecule has 4 heteroatoms. The second-order valence-corrected chi connectivity index (χ2v) is 5.73. The fraction of sp³-hybridized carbons (Fsp3) is 0.588. The number of carbonyl (C=O) groups is 1. The van der Waals surface area contributed by atoms with E-state index in [-0.39, 0.29) is 5.56 Å². The van der Waals surface area contributed by atoms with Crippen molar-refractivity contribution >= 4 is 5.97 Å². The van der Waals surface area contributed by atoms with Gasteiger partial charge in [-0.3, -0.25) is 0 Å². The van der Waals surface area contributed by atoms with Crippen LogP contribution in [0.4, 0.5) is 0 Å². The Hall–Kier alpha value is -1.55. The van der Waals surface area contributed by atoms with Gasteiger partial charge in [0, 0.05) is 5.56 Å². The number of para-hydroxylation sites is 1. The van der Waals surface area contributed by atoms with Gasteiger partial charge >= 0.3 is 0 Å². The van der Waals surface area contributed by atoms with Crippen LogP contribution < -0.4 is 14.7 Å². The van der Waals surface area contributed by atoms with E-state index in [1.54, 1.807) is 23.1 Å². The van der Waals surface area contributed by atoms with Gasteiger partial charge in [-0.05, 0) is 44.7 Å². The van der Waals surface area contributed by atoms with Crippen molar-refractivity contribution in [3.8, 4) is 5.75 Å². The highest BCUT2D eigenvalue weighted by atomic mass is 16.5. The number of rotatable bonds is 7. The van der Waals surface area contributed by atoms with Gasteiger partial charge in [-0.1, -0.05) is 18.6 Å². The van der Waals surface area contributed by atoms with Gasteiger partial charge in [-0.2, -0.15) is 0 Å². The predicted octanol–water partition coefficient (Wildman–Crippen LogP) is 0.666. The summed E-state index contributed by atoms with van der Waals surface area (Å²) in [5, 5.41) is 11.0. The summed E-state index contributed by atoms with van der Waals surface area (Å²) in [5.74, 6) is -0.769. The van der Waals surface area contributed by atoms with Gasteiger partial charge in [0.1, 0.15) is 18.9 Å². The highest BCUT2D eigenvalue weighted by Gasteiger charge is 2.23. The minimum atomic E-state index is -1.18. The number of ether oxygens (including phenoxy) is 1. The number of aromatic carboxylic acids is 1. The quantitative estimate of drug-likeness (QED) is 0.803. The topological polar surface area (TPSA) is 53.8 Å². The first-order valence-electron chi connectivity index (χ1n) is 8.00. The molecule has 1 unspecified atom stereocenters. The maximum absolute atomic E-state index is 11.0. The van der Waals surface area contributed by atoms with Crippen LogP contribution >= 0.6 is 0 Å². The Morgan fingerprint density at radius 1 is 1.29 bits per heavy atom. The molecule has 2 rings (SSSR count). The molecule has 0 heterocycles. The van der Waals surface area contributed by atoms with E-state index < -0.39 is 5.97 Å². The average molecular weight is 291 g/mol. The molecule has 1 aliphatic rings. The van der Waals surface area contributed by atoms with Gasteiger partial charge < -0.3 is 19.5 Å². The van der Waals surface area contributed by atoms with Gasteiger partial charge in [-0.15, -0.1) is 0 Å². The molecule has 0 spiro atoms. The van der Waals surface area contributed by atoms with E-state index in [0.717, 1.165) is 19.1 Å². The summed E-state index contributed by atoms with van der Waals surface area (Å²) in [6, 6.07) is 7.42. The highest BCUT2D eigenvalue weighted by Crippen LogP contribution is 2.17. The van der Waals surface area contributed by atoms with Crippen LogP contribution in [0, 0.1) is 0 Å². The summed E-state index contributed by atoms with van der Waals surface area (Å²) in [6.45, 7) is 4.77. The summed E-state index contributed by atoms with van der Waals surface area (Å²) in [7, 11) is 0. The van der Waals surface area contributed by atoms with E-state index in [2.05, 4.69) is 6.92 Å². The number of hydrogen-bond donors (Lipinski definition) is 1. The van der Waals surface area contributed by atoms with Crippen molar-refractivity contribution in [3.05, 3.63) is 29.8 Å². The number of carboxylic acid groups (broad SMARTS) is 1. The van der Waals surface area contributed by atoms with Crippen LogP contribution in [-0.2, 0) is 0 Å². The molecule has 0 radical (unpaired) electrons. The fourth-order valence-electron chi connectivity index (χ4n) is 3.23. The van der Waals surface area contributed by atoms with E-state index in [1.165, 1.54) is 38.2 Å². The lowest BCUT2D eigenvalue weighted by atomic mass is 9.94. The Morgan fingerprint density at radius 3 is 2.67 bits per heavy atom. The van der Waals surface area contributed by atoms with Crippen molar-refractivity contribution in [2.75, 3.05) is 19.7 Å². The average Bonchev–Trinajstić information content (AvgIpc) is 2.52. The number of hydrogen-bond acceptors (Lipinski definition) is 3. The smallest absolute Gasteiger partial charge is 0.137 e. The van der Waals surface area contributed by atoms with Gasteiger partial charge in [0.05, 0.1) is 18.6 Å². The Kier molecular flexibility index (Phi) is 6.05. The predicted molar refractivity (Wildman–Crippen MR) is 79.5 cm³/mol. The number of quaternary nitrogens is 1. The second-order valence-electron chi connectivity index (χ2n) is 5.73. The van der Waals surface area contributed by atoms with Crippen molar-refractivity contribution in [2.45, 2.75) is 45.1 Å². The first-order valence-corrected chi connectivity index (χ1v) is 8.00. The van der Waals surface area contributed by atoms with Gasteiger partial charge in [-0.25, -0.2) is 0 Å². The maximum atomic E-state index is 11.0. The molecule has 0 aromatic heterocycles. The minimum absolute atomic E-state index is 0.133. The van der Waals surface area contributed by atoms with Gasteiger partial charge in [0.25, 0.3) is 0 Å². The molecule has 0 bridgehead atoms. The molecular formula is C17H25NO3. The zero-order valence-corrected chi connectivity index (χ0v) is 12.8. The standard InChI is InChI=1S/C17H25NO3/c1-2-18(14-8-4-3-5-9-14)12-13-21-16-11-7-6-10-15(16)17(19)20/h6-7,10-11,14H,2-5,8-9,12-13H2,1H3,(H,19,20). The molecule has 1 saturated carbocycles. The van der Waals surface area contributed by atoms with E-state index in [4.69, 9.17) is 4.74 Å². The molecule has 1 atom stereocenters. The summed E-state index contributed by atoms with van der Waals surface area (Å²) in [4.78, 5) is 12.6. The Bertz CT molecular complexity index is 455. The number of benzene rings is 1. The van der Waals surface area contributed by atoms with Crippen LogP contribution in [0.2, 0.25) is 0 Å². The second kappa shape index (κ2) is 8.03. The lowest BCUT2D eigenvalue weighted by Crippen LogP contribution is -3.16. The Morgan fingerprint density at radius 2 is 2.00 bits per heavy atom. The van der Waals surface area contributed by atoms with Crippen molar-refractivity contribution in [3.63, 3.8) is 0 Å². The van der Waals surface area contributed by atoms with Crippen molar-refractivity contribution in [2.24, 2.45) is 0 Å². The minimum Gasteiger partial charge on any atom is -0.545 e. The lowest BCUT2D eigenvalue weighted by Gasteiger charge is -2.30. The largest absolute Gasteiger partial charge is 0.545 e. The van der Waals surface area contributed by atoms with E-state index in [9.17, 15) is 9.90 Å². The Balaban J connectivity index is 1.86. The normalized spacial score (nSPS) is 17.4. The third-order valence-electron chi connectivity index (χ3n) is 4.42. The molecule has 21 heavy (non-hydrogen) atoms. The number of nitrogens with one attached hydrogen (secondary N) is 1. The monoisotopic (exact) mass is 291 g/mol. The molecule has 1 aromatic carbocycles. The summed E-state index contributed by atoms with van der Waals surface area (Å²) in [6.07, 6.45) is 6.64. The van der Waals surface area contributed by atoms with Crippen molar-refractivity contribution in [1.82, 2.24) is 0 Å². The SMILES string of the molecule is CC[NH+](CCOc1ccccc1C(=O)[O-])C1CCCCC1. The van der Waals surface area contributed by atoms with Crippen molar-refractivity contribution in [1.29, 1.82) is 0 Å². The molecular weight excluding hydrogens is 266 g/mol. The summed E-state index contributed by atoms with van der Waals surface area (Å²) < 4.78 is 5.68. The van der Waals surface area contributed by atoms with Crippen molar-refractivity contribution < 1.29 is 19.5 Å². The number of likely N-dealkylation sites (N-methyl/N-ethyl adjacent to an activating group) is 1. The fourth-order valence-corrected chi connectivity index (χ4v) is 3.23. The first-order chi connectivity index (χ1) is 10.2. The number of carboxylic acids is 1. The molecule has 1 aromatic rings. The van der Waals surface area contributed by atoms with Gasteiger partial charge in [0.15, 0.2) is 0 Å². The van der Waals surface area contributed by atoms with Crippen LogP contribution in [-0.4, -0.2) is 31.7 Å². The molecule has 0 amide bonds. The highest BCUT2D eigenvalue weighted by molar-refractivity contribution is 5.89. The van der Waals surface area contributed by atoms with Crippen LogP contribution in [0.1, 0.15) is 49.4 Å². The molecule has 0 aliphatic heterocycles. The van der Waals surface area contributed by atoms with Crippen LogP contribution in [0.15, 0.2) is 24.3 Å². The lowest BCUT2D eigenvalue weighted by molar-refractivity contribution is -0.925. The maximum Gasteiger partial charge on any atom is 0.137 e. The van der Waals surface area contributed by atoms with E-state index in [1.807, 2.05) is 0 Å². The molecule has 0 saturated heterocycles. The third-order valence-corrected chi connectivity index (χ3v) is 4.42. The van der Waals surface area contributed by atoms with Crippen LogP contribution in [0.5, 0.6) is 5.75 Å². The third kappa shape index (κ3) is 4.46. The van der Waals surface area contributed by atoms with Crippen LogP contribution in [0.3, 0.4) is 0 Å². The molecule has 1 fully saturated rings. The summed E-state index contributed by atoms with van der Waals surface area (Å²) >= 11 is 0. The number of carbonyl (C=O) groups excluding carboxylic acids is 1. The molecule has 116 valence electrons. The zero-order chi connectivity index (χ0) is 15.1. The first kappa shape index (κ1) is 15.8. The summed E-state index contributed by atoms with van der Waals surface area (Å²) in [5.41, 5.74) is 0.133.